The second-order valence-electron chi connectivity index (χ2n) is 7.19. The van der Waals surface area contributed by atoms with Crippen molar-refractivity contribution in [3.05, 3.63) is 24.3 Å². The first-order valence-corrected chi connectivity index (χ1v) is 10.9. The van der Waals surface area contributed by atoms with Gasteiger partial charge in [0.25, 0.3) is 0 Å². The van der Waals surface area contributed by atoms with E-state index in [0.29, 0.717) is 45.0 Å². The van der Waals surface area contributed by atoms with Crippen LogP contribution < -0.4 is 4.74 Å². The topological polar surface area (TPSA) is 85.4 Å². The third kappa shape index (κ3) is 4.17. The molecule has 156 valence electrons. The Hall–Kier alpha value is -1.68. The van der Waals surface area contributed by atoms with Crippen LogP contribution in [0, 0.1) is 0 Å². The van der Waals surface area contributed by atoms with Gasteiger partial charge in [0.05, 0.1) is 24.2 Å². The van der Waals surface area contributed by atoms with Crippen LogP contribution in [0.2, 0.25) is 0 Å². The molecule has 1 aromatic carbocycles. The standard InChI is InChI=1S/C19H28N2O6S/c1-25-11-4-9-21-18(22)7-10-20(14-19(21)8-12-27-15-19)28(23,24)17-6-3-5-16(13-17)26-2/h3,5-6,13H,4,7-12,14-15H2,1-2H3. The van der Waals surface area contributed by atoms with Gasteiger partial charge in [-0.25, -0.2) is 8.42 Å². The van der Waals surface area contributed by atoms with Gasteiger partial charge >= 0.3 is 0 Å². The van der Waals surface area contributed by atoms with Gasteiger partial charge in [-0.05, 0) is 25.0 Å². The number of rotatable bonds is 7. The Labute approximate surface area is 166 Å². The van der Waals surface area contributed by atoms with E-state index in [1.807, 2.05) is 4.90 Å². The minimum Gasteiger partial charge on any atom is -0.497 e. The van der Waals surface area contributed by atoms with Crippen molar-refractivity contribution in [1.82, 2.24) is 9.21 Å². The van der Waals surface area contributed by atoms with Gasteiger partial charge < -0.3 is 19.1 Å². The highest BCUT2D eigenvalue weighted by atomic mass is 32.2. The maximum absolute atomic E-state index is 13.3. The van der Waals surface area contributed by atoms with Crippen LogP contribution >= 0.6 is 0 Å². The average Bonchev–Trinajstić information content (AvgIpc) is 3.12. The van der Waals surface area contributed by atoms with E-state index in [4.69, 9.17) is 14.2 Å². The molecule has 3 rings (SSSR count). The molecule has 2 aliphatic heterocycles. The second kappa shape index (κ2) is 8.77. The zero-order valence-corrected chi connectivity index (χ0v) is 17.2. The Balaban J connectivity index is 1.90. The SMILES string of the molecule is COCCCN1C(=O)CCN(S(=O)(=O)c2cccc(OC)c2)CC12CCOC2. The van der Waals surface area contributed by atoms with E-state index >= 15 is 0 Å². The quantitative estimate of drug-likeness (QED) is 0.624. The molecule has 1 spiro atoms. The first-order chi connectivity index (χ1) is 13.4. The van der Waals surface area contributed by atoms with Crippen LogP contribution in [-0.2, 0) is 24.3 Å². The lowest BCUT2D eigenvalue weighted by Crippen LogP contribution is -2.57. The average molecular weight is 413 g/mol. The minimum absolute atomic E-state index is 0.0371. The summed E-state index contributed by atoms with van der Waals surface area (Å²) in [5.41, 5.74) is -0.632. The molecule has 0 radical (unpaired) electrons. The molecule has 28 heavy (non-hydrogen) atoms. The Bertz CT molecular complexity index is 791. The van der Waals surface area contributed by atoms with E-state index in [1.165, 1.54) is 17.5 Å². The highest BCUT2D eigenvalue weighted by molar-refractivity contribution is 7.89. The van der Waals surface area contributed by atoms with Crippen LogP contribution in [0.5, 0.6) is 5.75 Å². The molecule has 8 nitrogen and oxygen atoms in total. The number of amides is 1. The summed E-state index contributed by atoms with van der Waals surface area (Å²) in [5.74, 6) is 0.442. The van der Waals surface area contributed by atoms with Gasteiger partial charge in [0.15, 0.2) is 0 Å². The maximum Gasteiger partial charge on any atom is 0.243 e. The van der Waals surface area contributed by atoms with E-state index in [0.717, 1.165) is 0 Å². The summed E-state index contributed by atoms with van der Waals surface area (Å²) < 4.78 is 43.9. The summed E-state index contributed by atoms with van der Waals surface area (Å²) >= 11 is 0. The van der Waals surface area contributed by atoms with Gasteiger partial charge in [-0.3, -0.25) is 4.79 Å². The molecule has 2 heterocycles. The summed E-state index contributed by atoms with van der Waals surface area (Å²) in [6, 6.07) is 6.42. The smallest absolute Gasteiger partial charge is 0.243 e. The fraction of sp³-hybridized carbons (Fsp3) is 0.632. The summed E-state index contributed by atoms with van der Waals surface area (Å²) in [6.07, 6.45) is 1.47. The van der Waals surface area contributed by atoms with Gasteiger partial charge in [-0.2, -0.15) is 4.31 Å². The number of carbonyl (C=O) groups excluding carboxylic acids is 1. The Morgan fingerprint density at radius 2 is 2.11 bits per heavy atom. The number of sulfonamides is 1. The zero-order valence-electron chi connectivity index (χ0n) is 16.4. The van der Waals surface area contributed by atoms with Crippen molar-refractivity contribution in [2.45, 2.75) is 29.7 Å². The van der Waals surface area contributed by atoms with Crippen LogP contribution in [-0.4, -0.2) is 82.7 Å². The van der Waals surface area contributed by atoms with Gasteiger partial charge in [0.2, 0.25) is 15.9 Å². The normalized spacial score (nSPS) is 23.9. The highest BCUT2D eigenvalue weighted by Crippen LogP contribution is 2.33. The van der Waals surface area contributed by atoms with Crippen LogP contribution in [0.1, 0.15) is 19.3 Å². The minimum atomic E-state index is -3.76. The van der Waals surface area contributed by atoms with E-state index in [9.17, 15) is 13.2 Å². The van der Waals surface area contributed by atoms with Crippen LogP contribution in [0.25, 0.3) is 0 Å². The number of hydrogen-bond donors (Lipinski definition) is 0. The molecular weight excluding hydrogens is 384 g/mol. The fourth-order valence-electron chi connectivity index (χ4n) is 3.89. The summed E-state index contributed by atoms with van der Waals surface area (Å²) in [5, 5.41) is 0. The number of benzene rings is 1. The molecule has 1 atom stereocenters. The largest absolute Gasteiger partial charge is 0.497 e. The molecule has 9 heteroatoms. The van der Waals surface area contributed by atoms with Crippen LogP contribution in [0.3, 0.4) is 0 Å². The monoisotopic (exact) mass is 412 g/mol. The summed E-state index contributed by atoms with van der Waals surface area (Å²) in [6.45, 7) is 2.32. The highest BCUT2D eigenvalue weighted by Gasteiger charge is 2.48. The predicted molar refractivity (Wildman–Crippen MR) is 103 cm³/mol. The third-order valence-corrected chi connectivity index (χ3v) is 7.25. The molecule has 1 amide bonds. The molecule has 0 aliphatic carbocycles. The van der Waals surface area contributed by atoms with E-state index in [-0.39, 0.29) is 30.3 Å². The summed E-state index contributed by atoms with van der Waals surface area (Å²) in [7, 11) is -0.634. The van der Waals surface area contributed by atoms with E-state index < -0.39 is 15.6 Å². The second-order valence-corrected chi connectivity index (χ2v) is 9.12. The third-order valence-electron chi connectivity index (χ3n) is 5.41. The zero-order chi connectivity index (χ0) is 20.2. The maximum atomic E-state index is 13.3. The fourth-order valence-corrected chi connectivity index (χ4v) is 5.45. The molecule has 2 saturated heterocycles. The molecule has 2 fully saturated rings. The van der Waals surface area contributed by atoms with Crippen molar-refractivity contribution in [2.75, 3.05) is 53.7 Å². The first kappa shape index (κ1) is 21.0. The Morgan fingerprint density at radius 1 is 1.29 bits per heavy atom. The lowest BCUT2D eigenvalue weighted by molar-refractivity contribution is -0.136. The molecule has 1 aromatic rings. The number of carbonyl (C=O) groups is 1. The van der Waals surface area contributed by atoms with Gasteiger partial charge in [0, 0.05) is 52.4 Å². The number of methoxy groups -OCH3 is 2. The van der Waals surface area contributed by atoms with Crippen molar-refractivity contribution in [3.63, 3.8) is 0 Å². The molecule has 0 N–H and O–H groups in total. The Kier molecular flexibility index (Phi) is 6.59. The number of hydrogen-bond acceptors (Lipinski definition) is 6. The van der Waals surface area contributed by atoms with Crippen molar-refractivity contribution >= 4 is 15.9 Å². The predicted octanol–water partition coefficient (Wildman–Crippen LogP) is 1.11. The molecule has 0 aromatic heterocycles. The lowest BCUT2D eigenvalue weighted by atomic mass is 9.96. The van der Waals surface area contributed by atoms with Gasteiger partial charge in [-0.15, -0.1) is 0 Å². The Morgan fingerprint density at radius 3 is 2.79 bits per heavy atom. The molecule has 2 aliphatic rings. The lowest BCUT2D eigenvalue weighted by Gasteiger charge is -2.40. The van der Waals surface area contributed by atoms with Gasteiger partial charge in [0.1, 0.15) is 5.75 Å². The number of ether oxygens (including phenoxy) is 3. The van der Waals surface area contributed by atoms with Crippen molar-refractivity contribution in [2.24, 2.45) is 0 Å². The van der Waals surface area contributed by atoms with Gasteiger partial charge in [-0.1, -0.05) is 6.07 Å². The molecule has 0 saturated carbocycles. The molecule has 1 unspecified atom stereocenters. The van der Waals surface area contributed by atoms with E-state index in [2.05, 4.69) is 0 Å². The van der Waals surface area contributed by atoms with Crippen LogP contribution in [0.4, 0.5) is 0 Å². The van der Waals surface area contributed by atoms with Crippen molar-refractivity contribution in [1.29, 1.82) is 0 Å². The first-order valence-electron chi connectivity index (χ1n) is 9.44. The van der Waals surface area contributed by atoms with Crippen molar-refractivity contribution < 1.29 is 27.4 Å². The van der Waals surface area contributed by atoms with Crippen LogP contribution in [0.15, 0.2) is 29.2 Å². The van der Waals surface area contributed by atoms with Crippen molar-refractivity contribution in [3.8, 4) is 5.75 Å². The summed E-state index contributed by atoms with van der Waals surface area (Å²) in [4.78, 5) is 14.9. The van der Waals surface area contributed by atoms with E-state index in [1.54, 1.807) is 25.3 Å². The molecular formula is C19H28N2O6S. The number of nitrogens with zero attached hydrogens (tertiary/aromatic N) is 2. The molecule has 0 bridgehead atoms.